The van der Waals surface area contributed by atoms with Crippen LogP contribution in [0.1, 0.15) is 15.4 Å². The van der Waals surface area contributed by atoms with E-state index in [1.54, 1.807) is 13.2 Å². The molecule has 3 rings (SSSR count). The van der Waals surface area contributed by atoms with Crippen LogP contribution in [-0.4, -0.2) is 16.1 Å². The first kappa shape index (κ1) is 11.7. The van der Waals surface area contributed by atoms with Gasteiger partial charge in [-0.15, -0.1) is 0 Å². The second-order valence-corrected chi connectivity index (χ2v) is 5.04. The number of rotatable bonds is 3. The van der Waals surface area contributed by atoms with Crippen molar-refractivity contribution in [3.05, 3.63) is 41.1 Å². The molecular formula is C13H10N2O3S. The summed E-state index contributed by atoms with van der Waals surface area (Å²) in [6.07, 6.45) is 1.63. The molecule has 0 spiro atoms. The van der Waals surface area contributed by atoms with Gasteiger partial charge < -0.3 is 14.8 Å². The van der Waals surface area contributed by atoms with Crippen LogP contribution in [0.15, 0.2) is 34.9 Å². The highest BCUT2D eigenvalue weighted by Gasteiger charge is 2.14. The van der Waals surface area contributed by atoms with Gasteiger partial charge in [0.05, 0.1) is 12.0 Å². The number of fused-ring (bicyclic) bond motifs is 1. The van der Waals surface area contributed by atoms with Crippen molar-refractivity contribution in [3.8, 4) is 0 Å². The molecule has 0 aliphatic heterocycles. The molecule has 19 heavy (non-hydrogen) atoms. The van der Waals surface area contributed by atoms with Gasteiger partial charge in [0.25, 0.3) is 0 Å². The predicted molar refractivity (Wildman–Crippen MR) is 73.3 cm³/mol. The standard InChI is InChI=1S/C13H10N2O3S/c1-7-11(12(16)17)19-13(14-7)15-9-2-3-10-8(6-9)4-5-18-10/h2-6H,1H3,(H,14,15)(H,16,17). The molecule has 96 valence electrons. The number of aromatic nitrogens is 1. The second-order valence-electron chi connectivity index (χ2n) is 4.04. The van der Waals surface area contributed by atoms with Gasteiger partial charge in [-0.2, -0.15) is 0 Å². The summed E-state index contributed by atoms with van der Waals surface area (Å²) in [6, 6.07) is 7.52. The van der Waals surface area contributed by atoms with Gasteiger partial charge in [0, 0.05) is 11.1 Å². The maximum atomic E-state index is 11.0. The Labute approximate surface area is 112 Å². The predicted octanol–water partition coefficient (Wildman–Crippen LogP) is 3.64. The Balaban J connectivity index is 1.91. The lowest BCUT2D eigenvalue weighted by atomic mass is 10.2. The summed E-state index contributed by atoms with van der Waals surface area (Å²) in [5.74, 6) is -0.951. The quantitative estimate of drug-likeness (QED) is 0.762. The van der Waals surface area contributed by atoms with Crippen molar-refractivity contribution in [1.29, 1.82) is 0 Å². The van der Waals surface area contributed by atoms with Gasteiger partial charge in [-0.1, -0.05) is 11.3 Å². The van der Waals surface area contributed by atoms with E-state index in [1.165, 1.54) is 0 Å². The minimum atomic E-state index is -0.951. The largest absolute Gasteiger partial charge is 0.477 e. The van der Waals surface area contributed by atoms with Crippen molar-refractivity contribution in [1.82, 2.24) is 4.98 Å². The molecule has 0 saturated carbocycles. The highest BCUT2D eigenvalue weighted by atomic mass is 32.1. The minimum Gasteiger partial charge on any atom is -0.477 e. The van der Waals surface area contributed by atoms with Crippen LogP contribution in [0.3, 0.4) is 0 Å². The van der Waals surface area contributed by atoms with Crippen LogP contribution in [0.2, 0.25) is 0 Å². The SMILES string of the molecule is Cc1nc(Nc2ccc3occc3c2)sc1C(=O)O. The number of hydrogen-bond acceptors (Lipinski definition) is 5. The van der Waals surface area contributed by atoms with Crippen LogP contribution in [0, 0.1) is 6.92 Å². The third-order valence-corrected chi connectivity index (χ3v) is 3.76. The number of furan rings is 1. The number of aryl methyl sites for hydroxylation is 1. The van der Waals surface area contributed by atoms with Gasteiger partial charge >= 0.3 is 5.97 Å². The lowest BCUT2D eigenvalue weighted by Crippen LogP contribution is -1.94. The van der Waals surface area contributed by atoms with E-state index in [4.69, 9.17) is 9.52 Å². The van der Waals surface area contributed by atoms with E-state index in [2.05, 4.69) is 10.3 Å². The number of nitrogens with zero attached hydrogens (tertiary/aromatic N) is 1. The minimum absolute atomic E-state index is 0.256. The zero-order valence-electron chi connectivity index (χ0n) is 10.0. The molecule has 0 bridgehead atoms. The Kier molecular flexibility index (Phi) is 2.72. The van der Waals surface area contributed by atoms with Crippen LogP contribution in [0.5, 0.6) is 0 Å². The van der Waals surface area contributed by atoms with E-state index in [-0.39, 0.29) is 4.88 Å². The van der Waals surface area contributed by atoms with Gasteiger partial charge in [-0.3, -0.25) is 0 Å². The van der Waals surface area contributed by atoms with Crippen LogP contribution in [0.25, 0.3) is 11.0 Å². The van der Waals surface area contributed by atoms with E-state index in [1.807, 2.05) is 24.3 Å². The van der Waals surface area contributed by atoms with Crippen molar-refractivity contribution in [3.63, 3.8) is 0 Å². The summed E-state index contributed by atoms with van der Waals surface area (Å²) >= 11 is 1.12. The van der Waals surface area contributed by atoms with E-state index < -0.39 is 5.97 Å². The molecular weight excluding hydrogens is 264 g/mol. The second kappa shape index (κ2) is 4.40. The van der Waals surface area contributed by atoms with Crippen molar-refractivity contribution in [2.24, 2.45) is 0 Å². The van der Waals surface area contributed by atoms with Crippen LogP contribution in [0.4, 0.5) is 10.8 Å². The van der Waals surface area contributed by atoms with E-state index in [9.17, 15) is 4.79 Å². The molecule has 2 heterocycles. The van der Waals surface area contributed by atoms with E-state index in [0.717, 1.165) is 28.0 Å². The van der Waals surface area contributed by atoms with Crippen LogP contribution in [-0.2, 0) is 0 Å². The Morgan fingerprint density at radius 3 is 3.00 bits per heavy atom. The van der Waals surface area contributed by atoms with Gasteiger partial charge in [-0.25, -0.2) is 9.78 Å². The highest BCUT2D eigenvalue weighted by Crippen LogP contribution is 2.27. The number of thiazole rings is 1. The van der Waals surface area contributed by atoms with Crippen molar-refractivity contribution < 1.29 is 14.3 Å². The number of carboxylic acids is 1. The first-order valence-electron chi connectivity index (χ1n) is 5.58. The number of carboxylic acid groups (broad SMARTS) is 1. The van der Waals surface area contributed by atoms with Gasteiger partial charge in [-0.05, 0) is 31.2 Å². The molecule has 0 saturated heterocycles. The normalized spacial score (nSPS) is 10.8. The molecule has 2 aromatic heterocycles. The molecule has 0 fully saturated rings. The number of anilines is 2. The smallest absolute Gasteiger partial charge is 0.347 e. The maximum Gasteiger partial charge on any atom is 0.347 e. The average molecular weight is 274 g/mol. The number of nitrogens with one attached hydrogen (secondary N) is 1. The highest BCUT2D eigenvalue weighted by molar-refractivity contribution is 7.17. The number of hydrogen-bond donors (Lipinski definition) is 2. The van der Waals surface area contributed by atoms with Crippen molar-refractivity contribution >= 4 is 39.1 Å². The topological polar surface area (TPSA) is 75.4 Å². The molecule has 0 atom stereocenters. The van der Waals surface area contributed by atoms with Crippen molar-refractivity contribution in [2.75, 3.05) is 5.32 Å². The molecule has 0 aliphatic carbocycles. The molecule has 2 N–H and O–H groups in total. The molecule has 0 radical (unpaired) electrons. The van der Waals surface area contributed by atoms with Gasteiger partial charge in [0.1, 0.15) is 10.5 Å². The Hall–Kier alpha value is -2.34. The summed E-state index contributed by atoms with van der Waals surface area (Å²) in [7, 11) is 0. The fraction of sp³-hybridized carbons (Fsp3) is 0.0769. The summed E-state index contributed by atoms with van der Waals surface area (Å²) in [4.78, 5) is 15.4. The molecule has 6 heteroatoms. The molecule has 3 aromatic rings. The van der Waals surface area contributed by atoms with E-state index in [0.29, 0.717) is 10.8 Å². The zero-order chi connectivity index (χ0) is 13.4. The molecule has 0 unspecified atom stereocenters. The van der Waals surface area contributed by atoms with Crippen LogP contribution >= 0.6 is 11.3 Å². The van der Waals surface area contributed by atoms with Gasteiger partial charge in [0.15, 0.2) is 5.13 Å². The Morgan fingerprint density at radius 1 is 1.42 bits per heavy atom. The van der Waals surface area contributed by atoms with Gasteiger partial charge in [0.2, 0.25) is 0 Å². The number of aromatic carboxylic acids is 1. The molecule has 0 amide bonds. The molecule has 1 aromatic carbocycles. The van der Waals surface area contributed by atoms with Crippen molar-refractivity contribution in [2.45, 2.75) is 6.92 Å². The lowest BCUT2D eigenvalue weighted by Gasteiger charge is -2.01. The first-order chi connectivity index (χ1) is 9.13. The molecule has 0 aliphatic rings. The summed E-state index contributed by atoms with van der Waals surface area (Å²) < 4.78 is 5.26. The Morgan fingerprint density at radius 2 is 2.26 bits per heavy atom. The van der Waals surface area contributed by atoms with Crippen LogP contribution < -0.4 is 5.32 Å². The Bertz CT molecular complexity index is 760. The van der Waals surface area contributed by atoms with E-state index >= 15 is 0 Å². The monoisotopic (exact) mass is 274 g/mol. The lowest BCUT2D eigenvalue weighted by molar-refractivity contribution is 0.0701. The fourth-order valence-electron chi connectivity index (χ4n) is 1.82. The summed E-state index contributed by atoms with van der Waals surface area (Å²) in [5.41, 5.74) is 2.18. The third-order valence-electron chi connectivity index (χ3n) is 2.69. The fourth-order valence-corrected chi connectivity index (χ4v) is 2.64. The molecule has 5 nitrogen and oxygen atoms in total. The number of benzene rings is 1. The average Bonchev–Trinajstić information content (AvgIpc) is 2.95. The first-order valence-corrected chi connectivity index (χ1v) is 6.40. The third kappa shape index (κ3) is 2.17. The summed E-state index contributed by atoms with van der Waals surface area (Å²) in [5, 5.41) is 13.6. The maximum absolute atomic E-state index is 11.0. The summed E-state index contributed by atoms with van der Waals surface area (Å²) in [6.45, 7) is 1.68. The number of carbonyl (C=O) groups is 1. The zero-order valence-corrected chi connectivity index (χ0v) is 10.8.